The van der Waals surface area contributed by atoms with Crippen LogP contribution in [0.3, 0.4) is 0 Å². The number of nitriles is 1. The minimum Gasteiger partial charge on any atom is -0.383 e. The molecular weight excluding hydrogens is 245 g/mol. The second-order valence-corrected chi connectivity index (χ2v) is 4.38. The molecule has 0 saturated heterocycles. The molecule has 0 bridgehead atoms. The Balaban J connectivity index is 3.02. The molecule has 104 valence electrons. The van der Waals surface area contributed by atoms with Crippen molar-refractivity contribution in [3.63, 3.8) is 0 Å². The lowest BCUT2D eigenvalue weighted by atomic mass is 10.1. The SMILES string of the molecule is COCCN(CCC#N)c1ccc(F)cc1[C@H](C)N. The molecule has 2 N–H and O–H groups in total. The largest absolute Gasteiger partial charge is 0.383 e. The van der Waals surface area contributed by atoms with Gasteiger partial charge in [-0.3, -0.25) is 0 Å². The van der Waals surface area contributed by atoms with E-state index in [0.29, 0.717) is 26.1 Å². The second-order valence-electron chi connectivity index (χ2n) is 4.38. The fraction of sp³-hybridized carbons (Fsp3) is 0.500. The first-order chi connectivity index (χ1) is 9.10. The number of methoxy groups -OCH3 is 1. The van der Waals surface area contributed by atoms with E-state index in [1.54, 1.807) is 13.2 Å². The van der Waals surface area contributed by atoms with E-state index in [1.807, 2.05) is 11.8 Å². The molecule has 1 aromatic rings. The van der Waals surface area contributed by atoms with Gasteiger partial charge in [0.05, 0.1) is 19.1 Å². The lowest BCUT2D eigenvalue weighted by Gasteiger charge is -2.27. The average molecular weight is 265 g/mol. The van der Waals surface area contributed by atoms with Crippen molar-refractivity contribution in [2.24, 2.45) is 5.73 Å². The topological polar surface area (TPSA) is 62.3 Å². The Bertz CT molecular complexity index is 443. The number of ether oxygens (including phenoxy) is 1. The molecule has 0 radical (unpaired) electrons. The van der Waals surface area contributed by atoms with Crippen molar-refractivity contribution in [2.75, 3.05) is 31.7 Å². The molecule has 5 heteroatoms. The fourth-order valence-electron chi connectivity index (χ4n) is 1.92. The van der Waals surface area contributed by atoms with Crippen LogP contribution in [0, 0.1) is 17.1 Å². The van der Waals surface area contributed by atoms with Crippen LogP contribution >= 0.6 is 0 Å². The zero-order valence-electron chi connectivity index (χ0n) is 11.4. The van der Waals surface area contributed by atoms with Gasteiger partial charge in [-0.25, -0.2) is 4.39 Å². The summed E-state index contributed by atoms with van der Waals surface area (Å²) >= 11 is 0. The molecule has 0 spiro atoms. The Hall–Kier alpha value is -1.64. The van der Waals surface area contributed by atoms with Gasteiger partial charge in [-0.2, -0.15) is 5.26 Å². The van der Waals surface area contributed by atoms with Gasteiger partial charge in [0, 0.05) is 31.9 Å². The van der Waals surface area contributed by atoms with Crippen LogP contribution in [0.15, 0.2) is 18.2 Å². The number of rotatable bonds is 7. The summed E-state index contributed by atoms with van der Waals surface area (Å²) in [4.78, 5) is 2.00. The molecule has 0 fully saturated rings. The van der Waals surface area contributed by atoms with E-state index in [9.17, 15) is 4.39 Å². The number of hydrogen-bond donors (Lipinski definition) is 1. The molecule has 0 amide bonds. The van der Waals surface area contributed by atoms with Gasteiger partial charge in [-0.1, -0.05) is 0 Å². The summed E-state index contributed by atoms with van der Waals surface area (Å²) in [7, 11) is 1.62. The monoisotopic (exact) mass is 265 g/mol. The third-order valence-electron chi connectivity index (χ3n) is 2.88. The summed E-state index contributed by atoms with van der Waals surface area (Å²) in [5.41, 5.74) is 7.50. The highest BCUT2D eigenvalue weighted by molar-refractivity contribution is 5.55. The van der Waals surface area contributed by atoms with Crippen LogP contribution < -0.4 is 10.6 Å². The molecule has 0 saturated carbocycles. The molecular formula is C14H20FN3O. The van der Waals surface area contributed by atoms with Gasteiger partial charge in [0.15, 0.2) is 0 Å². The van der Waals surface area contributed by atoms with Crippen molar-refractivity contribution in [3.05, 3.63) is 29.6 Å². The van der Waals surface area contributed by atoms with Crippen LogP contribution in [0.2, 0.25) is 0 Å². The van der Waals surface area contributed by atoms with E-state index in [2.05, 4.69) is 6.07 Å². The number of nitrogens with two attached hydrogens (primary N) is 1. The van der Waals surface area contributed by atoms with Crippen molar-refractivity contribution in [3.8, 4) is 6.07 Å². The highest BCUT2D eigenvalue weighted by atomic mass is 19.1. The van der Waals surface area contributed by atoms with E-state index in [1.165, 1.54) is 12.1 Å². The standard InChI is InChI=1S/C14H20FN3O/c1-11(17)13-10-12(15)4-5-14(13)18(7-3-6-16)8-9-19-2/h4-5,10-11H,3,7-9,17H2,1-2H3/t11-/m0/s1. The Morgan fingerprint density at radius 1 is 1.47 bits per heavy atom. The molecule has 1 aromatic carbocycles. The Labute approximate surface area is 113 Å². The Morgan fingerprint density at radius 2 is 2.21 bits per heavy atom. The number of anilines is 1. The van der Waals surface area contributed by atoms with Crippen LogP contribution in [0.25, 0.3) is 0 Å². The van der Waals surface area contributed by atoms with Gasteiger partial charge in [0.1, 0.15) is 5.82 Å². The van der Waals surface area contributed by atoms with E-state index in [0.717, 1.165) is 11.3 Å². The van der Waals surface area contributed by atoms with Gasteiger partial charge in [-0.05, 0) is 30.7 Å². The van der Waals surface area contributed by atoms with Crippen molar-refractivity contribution in [1.29, 1.82) is 5.26 Å². The van der Waals surface area contributed by atoms with Crippen LogP contribution in [-0.4, -0.2) is 26.8 Å². The summed E-state index contributed by atoms with van der Waals surface area (Å²) in [5, 5.41) is 8.72. The van der Waals surface area contributed by atoms with Crippen molar-refractivity contribution >= 4 is 5.69 Å². The van der Waals surface area contributed by atoms with Gasteiger partial charge < -0.3 is 15.4 Å². The van der Waals surface area contributed by atoms with Gasteiger partial charge in [0.25, 0.3) is 0 Å². The summed E-state index contributed by atoms with van der Waals surface area (Å²) < 4.78 is 18.4. The quantitative estimate of drug-likeness (QED) is 0.821. The third kappa shape index (κ3) is 4.51. The first-order valence-electron chi connectivity index (χ1n) is 6.26. The molecule has 0 aromatic heterocycles. The molecule has 19 heavy (non-hydrogen) atoms. The summed E-state index contributed by atoms with van der Waals surface area (Å²) in [6.45, 7) is 3.58. The zero-order chi connectivity index (χ0) is 14.3. The smallest absolute Gasteiger partial charge is 0.123 e. The van der Waals surface area contributed by atoms with Crippen LogP contribution in [0.5, 0.6) is 0 Å². The predicted octanol–water partition coefficient (Wildman–Crippen LogP) is 2.21. The number of hydrogen-bond acceptors (Lipinski definition) is 4. The minimum atomic E-state index is -0.303. The predicted molar refractivity (Wildman–Crippen MR) is 73.3 cm³/mol. The number of benzene rings is 1. The Morgan fingerprint density at radius 3 is 2.79 bits per heavy atom. The normalized spacial score (nSPS) is 11.9. The molecule has 4 nitrogen and oxygen atoms in total. The molecule has 1 rings (SSSR count). The summed E-state index contributed by atoms with van der Waals surface area (Å²) in [6.07, 6.45) is 0.402. The minimum absolute atomic E-state index is 0.266. The summed E-state index contributed by atoms with van der Waals surface area (Å²) in [5.74, 6) is -0.303. The van der Waals surface area contributed by atoms with Crippen molar-refractivity contribution in [2.45, 2.75) is 19.4 Å². The average Bonchev–Trinajstić information content (AvgIpc) is 2.39. The van der Waals surface area contributed by atoms with Crippen molar-refractivity contribution in [1.82, 2.24) is 0 Å². The zero-order valence-corrected chi connectivity index (χ0v) is 11.4. The first-order valence-corrected chi connectivity index (χ1v) is 6.26. The fourth-order valence-corrected chi connectivity index (χ4v) is 1.92. The van der Waals surface area contributed by atoms with Gasteiger partial charge >= 0.3 is 0 Å². The van der Waals surface area contributed by atoms with Gasteiger partial charge in [0.2, 0.25) is 0 Å². The summed E-state index contributed by atoms with van der Waals surface area (Å²) in [6, 6.07) is 6.42. The number of halogens is 1. The van der Waals surface area contributed by atoms with E-state index in [-0.39, 0.29) is 11.9 Å². The van der Waals surface area contributed by atoms with Crippen LogP contribution in [0.4, 0.5) is 10.1 Å². The van der Waals surface area contributed by atoms with E-state index >= 15 is 0 Å². The first kappa shape index (κ1) is 15.4. The molecule has 1 atom stereocenters. The lowest BCUT2D eigenvalue weighted by molar-refractivity contribution is 0.205. The molecule has 0 aliphatic carbocycles. The van der Waals surface area contributed by atoms with E-state index in [4.69, 9.17) is 15.7 Å². The maximum Gasteiger partial charge on any atom is 0.123 e. The lowest BCUT2D eigenvalue weighted by Crippen LogP contribution is -2.30. The molecule has 0 heterocycles. The van der Waals surface area contributed by atoms with Gasteiger partial charge in [-0.15, -0.1) is 0 Å². The molecule has 0 aliphatic heterocycles. The second kappa shape index (κ2) is 7.72. The Kier molecular flexibility index (Phi) is 6.26. The van der Waals surface area contributed by atoms with E-state index < -0.39 is 0 Å². The van der Waals surface area contributed by atoms with Crippen LogP contribution in [-0.2, 0) is 4.74 Å². The maximum absolute atomic E-state index is 13.3. The van der Waals surface area contributed by atoms with Crippen molar-refractivity contribution < 1.29 is 9.13 Å². The molecule has 0 unspecified atom stereocenters. The molecule has 0 aliphatic rings. The highest BCUT2D eigenvalue weighted by Gasteiger charge is 2.14. The highest BCUT2D eigenvalue weighted by Crippen LogP contribution is 2.26. The number of nitrogens with zero attached hydrogens (tertiary/aromatic N) is 2. The maximum atomic E-state index is 13.3. The van der Waals surface area contributed by atoms with Crippen LogP contribution in [0.1, 0.15) is 24.9 Å². The third-order valence-corrected chi connectivity index (χ3v) is 2.88.